The summed E-state index contributed by atoms with van der Waals surface area (Å²) in [5.41, 5.74) is 1.18. The van der Waals surface area contributed by atoms with Crippen LogP contribution in [0, 0.1) is 0 Å². The largest absolute Gasteiger partial charge is 0.376 e. The number of hydrogen-bond donors (Lipinski definition) is 1. The Bertz CT molecular complexity index is 464. The topological polar surface area (TPSA) is 46.1 Å². The molecule has 1 saturated heterocycles. The maximum atomic E-state index is 5.90. The van der Waals surface area contributed by atoms with Crippen LogP contribution in [0.4, 0.5) is 0 Å². The molecule has 0 radical (unpaired) electrons. The maximum Gasteiger partial charge on any atom is 0.193 e. The van der Waals surface area contributed by atoms with Crippen LogP contribution in [-0.2, 0) is 16.0 Å². The van der Waals surface area contributed by atoms with Gasteiger partial charge in [-0.05, 0) is 17.7 Å². The van der Waals surface area contributed by atoms with Gasteiger partial charge in [0.25, 0.3) is 0 Å². The zero-order valence-electron chi connectivity index (χ0n) is 12.9. The van der Waals surface area contributed by atoms with Crippen LogP contribution in [0.25, 0.3) is 0 Å². The van der Waals surface area contributed by atoms with Gasteiger partial charge >= 0.3 is 0 Å². The number of ether oxygens (including phenoxy) is 2. The van der Waals surface area contributed by atoms with Crippen molar-refractivity contribution in [3.8, 4) is 0 Å². The molecule has 0 aromatic heterocycles. The van der Waals surface area contributed by atoms with Crippen molar-refractivity contribution in [2.75, 3.05) is 40.5 Å². The minimum atomic E-state index is 0. The van der Waals surface area contributed by atoms with Gasteiger partial charge in [0, 0.05) is 32.2 Å². The van der Waals surface area contributed by atoms with Crippen molar-refractivity contribution in [2.24, 2.45) is 4.99 Å². The molecule has 1 atom stereocenters. The van der Waals surface area contributed by atoms with Crippen molar-refractivity contribution in [3.05, 3.63) is 34.9 Å². The number of halogens is 2. The Kier molecular flexibility index (Phi) is 9.08. The van der Waals surface area contributed by atoms with Crippen LogP contribution in [0.5, 0.6) is 0 Å². The number of benzene rings is 1. The van der Waals surface area contributed by atoms with Crippen molar-refractivity contribution >= 4 is 41.5 Å². The van der Waals surface area contributed by atoms with Gasteiger partial charge in [-0.1, -0.05) is 23.7 Å². The molecule has 1 N–H and O–H groups in total. The van der Waals surface area contributed by atoms with Crippen molar-refractivity contribution in [1.82, 2.24) is 10.2 Å². The second-order valence-corrected chi connectivity index (χ2v) is 5.41. The molecule has 5 nitrogen and oxygen atoms in total. The van der Waals surface area contributed by atoms with E-state index in [1.165, 1.54) is 5.56 Å². The molecule has 22 heavy (non-hydrogen) atoms. The molecule has 124 valence electrons. The summed E-state index contributed by atoms with van der Waals surface area (Å²) in [5.74, 6) is 0.833. The summed E-state index contributed by atoms with van der Waals surface area (Å²) in [6.45, 7) is 3.43. The second-order valence-electron chi connectivity index (χ2n) is 4.98. The lowest BCUT2D eigenvalue weighted by atomic mass is 10.2. The molecule has 1 heterocycles. The lowest BCUT2D eigenvalue weighted by Gasteiger charge is -2.27. The highest BCUT2D eigenvalue weighted by atomic mass is 127. The number of hydrogen-bond acceptors (Lipinski definition) is 3. The molecule has 1 aliphatic heterocycles. The third-order valence-electron chi connectivity index (χ3n) is 3.28. The predicted molar refractivity (Wildman–Crippen MR) is 100 cm³/mol. The molecule has 1 aromatic rings. The van der Waals surface area contributed by atoms with E-state index in [1.807, 2.05) is 31.3 Å². The summed E-state index contributed by atoms with van der Waals surface area (Å²) in [7, 11) is 3.78. The number of nitrogens with one attached hydrogen (secondary N) is 1. The Morgan fingerprint density at radius 1 is 1.36 bits per heavy atom. The van der Waals surface area contributed by atoms with E-state index in [0.29, 0.717) is 26.4 Å². The first-order valence-corrected chi connectivity index (χ1v) is 7.42. The van der Waals surface area contributed by atoms with Crippen LogP contribution in [0.2, 0.25) is 5.02 Å². The molecule has 0 bridgehead atoms. The van der Waals surface area contributed by atoms with Gasteiger partial charge in [-0.25, -0.2) is 0 Å². The summed E-state index contributed by atoms with van der Waals surface area (Å²) in [4.78, 5) is 6.36. The Morgan fingerprint density at radius 3 is 2.68 bits per heavy atom. The predicted octanol–water partition coefficient (Wildman–Crippen LogP) is 2.38. The zero-order chi connectivity index (χ0) is 15.1. The lowest BCUT2D eigenvalue weighted by Crippen LogP contribution is -2.45. The van der Waals surface area contributed by atoms with Crippen LogP contribution in [0.15, 0.2) is 29.3 Å². The summed E-state index contributed by atoms with van der Waals surface area (Å²) in [5, 5.41) is 4.06. The van der Waals surface area contributed by atoms with Crippen molar-refractivity contribution in [1.29, 1.82) is 0 Å². The molecule has 1 fully saturated rings. The van der Waals surface area contributed by atoms with E-state index in [2.05, 4.69) is 15.2 Å². The minimum absolute atomic E-state index is 0. The van der Waals surface area contributed by atoms with Crippen LogP contribution < -0.4 is 5.32 Å². The fourth-order valence-electron chi connectivity index (χ4n) is 2.18. The SMILES string of the molecule is CN=C(NCC1COCCO1)N(C)Cc1ccc(Cl)cc1.I. The molecule has 0 spiro atoms. The van der Waals surface area contributed by atoms with Gasteiger partial charge in [0.1, 0.15) is 0 Å². The number of guanidine groups is 1. The third kappa shape index (κ3) is 6.28. The summed E-state index contributed by atoms with van der Waals surface area (Å²) >= 11 is 5.90. The average Bonchev–Trinajstić information content (AvgIpc) is 2.51. The molecule has 1 aliphatic rings. The first-order valence-electron chi connectivity index (χ1n) is 7.04. The molecule has 0 aliphatic carbocycles. The van der Waals surface area contributed by atoms with Crippen LogP contribution in [0.1, 0.15) is 5.56 Å². The van der Waals surface area contributed by atoms with Crippen LogP contribution >= 0.6 is 35.6 Å². The van der Waals surface area contributed by atoms with Gasteiger partial charge in [0.2, 0.25) is 0 Å². The van der Waals surface area contributed by atoms with Crippen molar-refractivity contribution in [2.45, 2.75) is 12.6 Å². The Balaban J connectivity index is 0.00000242. The Hall–Kier alpha value is -0.570. The third-order valence-corrected chi connectivity index (χ3v) is 3.53. The van der Waals surface area contributed by atoms with Gasteiger partial charge < -0.3 is 19.7 Å². The highest BCUT2D eigenvalue weighted by Gasteiger charge is 2.15. The first-order chi connectivity index (χ1) is 10.2. The van der Waals surface area contributed by atoms with E-state index in [0.717, 1.165) is 17.5 Å². The quantitative estimate of drug-likeness (QED) is 0.445. The van der Waals surface area contributed by atoms with E-state index in [1.54, 1.807) is 7.05 Å². The summed E-state index contributed by atoms with van der Waals surface area (Å²) in [6.07, 6.45) is 0.0828. The first kappa shape index (κ1) is 19.5. The lowest BCUT2D eigenvalue weighted by molar-refractivity contribution is -0.0851. The van der Waals surface area contributed by atoms with Gasteiger partial charge in [0.15, 0.2) is 5.96 Å². The van der Waals surface area contributed by atoms with E-state index >= 15 is 0 Å². The molecule has 0 saturated carbocycles. The van der Waals surface area contributed by atoms with Crippen LogP contribution in [0.3, 0.4) is 0 Å². The average molecular weight is 440 g/mol. The number of rotatable bonds is 4. The van der Waals surface area contributed by atoms with E-state index in [-0.39, 0.29) is 30.1 Å². The molecular formula is C15H23ClIN3O2. The highest BCUT2D eigenvalue weighted by molar-refractivity contribution is 14.0. The molecule has 2 rings (SSSR count). The monoisotopic (exact) mass is 439 g/mol. The van der Waals surface area contributed by atoms with Gasteiger partial charge in [-0.3, -0.25) is 4.99 Å². The standard InChI is InChI=1S/C15H22ClN3O2.HI/c1-17-15(18-9-14-11-20-7-8-21-14)19(2)10-12-3-5-13(16)6-4-12;/h3-6,14H,7-11H2,1-2H3,(H,17,18);1H. The Labute approximate surface area is 154 Å². The van der Waals surface area contributed by atoms with E-state index < -0.39 is 0 Å². The summed E-state index contributed by atoms with van der Waals surface area (Å²) < 4.78 is 11.0. The molecule has 1 unspecified atom stereocenters. The smallest absolute Gasteiger partial charge is 0.193 e. The maximum absolute atomic E-state index is 5.90. The summed E-state index contributed by atoms with van der Waals surface area (Å²) in [6, 6.07) is 7.83. The van der Waals surface area contributed by atoms with Crippen molar-refractivity contribution in [3.63, 3.8) is 0 Å². The van der Waals surface area contributed by atoms with Crippen molar-refractivity contribution < 1.29 is 9.47 Å². The Morgan fingerprint density at radius 2 is 2.09 bits per heavy atom. The molecule has 1 aromatic carbocycles. The van der Waals surface area contributed by atoms with E-state index in [4.69, 9.17) is 21.1 Å². The second kappa shape index (κ2) is 10.3. The fourth-order valence-corrected chi connectivity index (χ4v) is 2.31. The molecule has 0 amide bonds. The van der Waals surface area contributed by atoms with Gasteiger partial charge in [0.05, 0.1) is 25.9 Å². The fraction of sp³-hybridized carbons (Fsp3) is 0.533. The van der Waals surface area contributed by atoms with Gasteiger partial charge in [-0.15, -0.1) is 24.0 Å². The van der Waals surface area contributed by atoms with E-state index in [9.17, 15) is 0 Å². The molecular weight excluding hydrogens is 417 g/mol. The number of aliphatic imine (C=N–C) groups is 1. The minimum Gasteiger partial charge on any atom is -0.376 e. The van der Waals surface area contributed by atoms with Gasteiger partial charge in [-0.2, -0.15) is 0 Å². The molecule has 7 heteroatoms. The zero-order valence-corrected chi connectivity index (χ0v) is 16.0. The number of nitrogens with zero attached hydrogens (tertiary/aromatic N) is 2. The van der Waals surface area contributed by atoms with Crippen LogP contribution in [-0.4, -0.2) is 57.4 Å². The highest BCUT2D eigenvalue weighted by Crippen LogP contribution is 2.11. The normalized spacial score (nSPS) is 18.5.